The largest absolute Gasteiger partial charge is 0.417 e. The summed E-state index contributed by atoms with van der Waals surface area (Å²) in [6, 6.07) is 0. The summed E-state index contributed by atoms with van der Waals surface area (Å²) in [6.07, 6.45) is -3.98. The monoisotopic (exact) mass is 253 g/mol. The first kappa shape index (κ1) is 14.8. The summed E-state index contributed by atoms with van der Waals surface area (Å²) in [4.78, 5) is 0. The van der Waals surface area contributed by atoms with Crippen LogP contribution in [0.1, 0.15) is 46.5 Å². The van der Waals surface area contributed by atoms with Crippen LogP contribution < -0.4 is 5.32 Å². The van der Waals surface area contributed by atoms with Crippen molar-refractivity contribution in [3.8, 4) is 0 Å². The lowest BCUT2D eigenvalue weighted by Gasteiger charge is -2.38. The van der Waals surface area contributed by atoms with Gasteiger partial charge in [0.05, 0.1) is 0 Å². The third-order valence-corrected chi connectivity index (χ3v) is 3.38. The first-order chi connectivity index (χ1) is 7.54. The molecule has 17 heavy (non-hydrogen) atoms. The molecular formula is C12H22F3NO. The minimum atomic E-state index is -4.49. The SMILES string of the molecule is CC(C)(C)NCC1CCC(O)(C(F)(F)F)CC1. The highest BCUT2D eigenvalue weighted by atomic mass is 19.4. The topological polar surface area (TPSA) is 32.3 Å². The van der Waals surface area contributed by atoms with E-state index in [-0.39, 0.29) is 24.3 Å². The Kier molecular flexibility index (Phi) is 4.14. The number of hydrogen-bond acceptors (Lipinski definition) is 2. The van der Waals surface area contributed by atoms with Crippen molar-refractivity contribution in [3.63, 3.8) is 0 Å². The number of hydrogen-bond donors (Lipinski definition) is 2. The van der Waals surface area contributed by atoms with Crippen LogP contribution in [0, 0.1) is 5.92 Å². The van der Waals surface area contributed by atoms with Crippen molar-refractivity contribution < 1.29 is 18.3 Å². The van der Waals surface area contributed by atoms with Crippen molar-refractivity contribution in [2.24, 2.45) is 5.92 Å². The van der Waals surface area contributed by atoms with Crippen molar-refractivity contribution in [3.05, 3.63) is 0 Å². The highest BCUT2D eigenvalue weighted by Crippen LogP contribution is 2.42. The highest BCUT2D eigenvalue weighted by molar-refractivity contribution is 4.92. The molecule has 0 unspecified atom stereocenters. The normalized spacial score (nSPS) is 31.6. The fourth-order valence-electron chi connectivity index (χ4n) is 2.09. The van der Waals surface area contributed by atoms with Crippen LogP contribution in [0.5, 0.6) is 0 Å². The molecule has 1 fully saturated rings. The highest BCUT2D eigenvalue weighted by Gasteiger charge is 2.54. The molecule has 0 amide bonds. The van der Waals surface area contributed by atoms with E-state index in [0.717, 1.165) is 6.54 Å². The minimum absolute atomic E-state index is 0.0161. The third kappa shape index (κ3) is 4.14. The van der Waals surface area contributed by atoms with Gasteiger partial charge in [0.15, 0.2) is 5.60 Å². The van der Waals surface area contributed by atoms with Gasteiger partial charge in [-0.15, -0.1) is 0 Å². The molecule has 0 bridgehead atoms. The van der Waals surface area contributed by atoms with Gasteiger partial charge in [0.2, 0.25) is 0 Å². The number of rotatable bonds is 2. The Balaban J connectivity index is 2.41. The van der Waals surface area contributed by atoms with Gasteiger partial charge in [0, 0.05) is 5.54 Å². The van der Waals surface area contributed by atoms with E-state index in [1.807, 2.05) is 20.8 Å². The van der Waals surface area contributed by atoms with E-state index in [1.165, 1.54) is 0 Å². The molecule has 1 aliphatic carbocycles. The second-order valence-corrected chi connectivity index (χ2v) is 6.10. The Morgan fingerprint density at radius 3 is 2.00 bits per heavy atom. The fraction of sp³-hybridized carbons (Fsp3) is 1.00. The summed E-state index contributed by atoms with van der Waals surface area (Å²) in [5.74, 6) is 0.233. The number of nitrogens with one attached hydrogen (secondary N) is 1. The zero-order valence-corrected chi connectivity index (χ0v) is 10.7. The quantitative estimate of drug-likeness (QED) is 0.793. The summed E-state index contributed by atoms with van der Waals surface area (Å²) in [7, 11) is 0. The maximum atomic E-state index is 12.6. The maximum absolute atomic E-state index is 12.6. The van der Waals surface area contributed by atoms with Gasteiger partial charge in [-0.05, 0) is 58.9 Å². The average molecular weight is 253 g/mol. The van der Waals surface area contributed by atoms with Gasteiger partial charge in [-0.2, -0.15) is 13.2 Å². The summed E-state index contributed by atoms with van der Waals surface area (Å²) < 4.78 is 37.7. The van der Waals surface area contributed by atoms with Crippen LogP contribution in [0.4, 0.5) is 13.2 Å². The van der Waals surface area contributed by atoms with Gasteiger partial charge in [-0.1, -0.05) is 0 Å². The first-order valence-corrected chi connectivity index (χ1v) is 6.08. The summed E-state index contributed by atoms with van der Waals surface area (Å²) in [5, 5.41) is 12.8. The molecule has 0 heterocycles. The molecule has 1 rings (SSSR count). The molecule has 0 aromatic rings. The van der Waals surface area contributed by atoms with E-state index in [2.05, 4.69) is 5.32 Å². The molecule has 0 aromatic heterocycles. The van der Waals surface area contributed by atoms with Gasteiger partial charge < -0.3 is 10.4 Å². The lowest BCUT2D eigenvalue weighted by molar-refractivity contribution is -0.271. The Bertz CT molecular complexity index is 249. The molecule has 102 valence electrons. The lowest BCUT2D eigenvalue weighted by atomic mass is 9.78. The molecule has 0 radical (unpaired) electrons. The number of halogens is 3. The van der Waals surface area contributed by atoms with E-state index >= 15 is 0 Å². The molecule has 0 saturated heterocycles. The zero-order valence-electron chi connectivity index (χ0n) is 10.7. The molecule has 2 nitrogen and oxygen atoms in total. The van der Waals surface area contributed by atoms with Gasteiger partial charge >= 0.3 is 6.18 Å². The lowest BCUT2D eigenvalue weighted by Crippen LogP contribution is -2.49. The molecule has 1 saturated carbocycles. The van der Waals surface area contributed by atoms with Gasteiger partial charge in [0.25, 0.3) is 0 Å². The molecule has 0 atom stereocenters. The van der Waals surface area contributed by atoms with Gasteiger partial charge in [-0.25, -0.2) is 0 Å². The number of aliphatic hydroxyl groups is 1. The van der Waals surface area contributed by atoms with E-state index < -0.39 is 11.8 Å². The fourth-order valence-corrected chi connectivity index (χ4v) is 2.09. The van der Waals surface area contributed by atoms with Crippen LogP contribution in [-0.4, -0.2) is 29.0 Å². The van der Waals surface area contributed by atoms with Crippen molar-refractivity contribution in [2.75, 3.05) is 6.54 Å². The van der Waals surface area contributed by atoms with Crippen LogP contribution in [0.25, 0.3) is 0 Å². The van der Waals surface area contributed by atoms with Crippen LogP contribution >= 0.6 is 0 Å². The minimum Gasteiger partial charge on any atom is -0.380 e. The van der Waals surface area contributed by atoms with E-state index in [1.54, 1.807) is 0 Å². The van der Waals surface area contributed by atoms with E-state index in [4.69, 9.17) is 0 Å². The molecule has 5 heteroatoms. The Morgan fingerprint density at radius 1 is 1.18 bits per heavy atom. The van der Waals surface area contributed by atoms with Crippen molar-refractivity contribution in [1.82, 2.24) is 5.32 Å². The smallest absolute Gasteiger partial charge is 0.380 e. The summed E-state index contributed by atoms with van der Waals surface area (Å²) in [6.45, 7) is 6.81. The summed E-state index contributed by atoms with van der Waals surface area (Å²) >= 11 is 0. The van der Waals surface area contributed by atoms with Gasteiger partial charge in [-0.3, -0.25) is 0 Å². The van der Waals surface area contributed by atoms with Crippen LogP contribution in [0.2, 0.25) is 0 Å². The summed E-state index contributed by atoms with van der Waals surface area (Å²) in [5.41, 5.74) is -2.47. The van der Waals surface area contributed by atoms with E-state index in [0.29, 0.717) is 12.8 Å². The first-order valence-electron chi connectivity index (χ1n) is 6.08. The van der Waals surface area contributed by atoms with Crippen LogP contribution in [-0.2, 0) is 0 Å². The third-order valence-electron chi connectivity index (χ3n) is 3.38. The average Bonchev–Trinajstić information content (AvgIpc) is 2.14. The standard InChI is InChI=1S/C12H22F3NO/c1-10(2,3)16-8-9-4-6-11(17,7-5-9)12(13,14)15/h9,16-17H,4-8H2,1-3H3. The Labute approximate surface area is 101 Å². The van der Waals surface area contributed by atoms with Crippen molar-refractivity contribution in [2.45, 2.75) is 63.8 Å². The predicted molar refractivity (Wildman–Crippen MR) is 60.7 cm³/mol. The zero-order chi connectivity index (χ0) is 13.3. The Morgan fingerprint density at radius 2 is 1.65 bits per heavy atom. The molecule has 0 aromatic carbocycles. The second-order valence-electron chi connectivity index (χ2n) is 6.10. The number of alkyl halides is 3. The molecule has 0 spiro atoms. The van der Waals surface area contributed by atoms with Crippen LogP contribution in [0.15, 0.2) is 0 Å². The van der Waals surface area contributed by atoms with Crippen LogP contribution in [0.3, 0.4) is 0 Å². The van der Waals surface area contributed by atoms with Crippen molar-refractivity contribution in [1.29, 1.82) is 0 Å². The molecule has 1 aliphatic rings. The molecular weight excluding hydrogens is 231 g/mol. The molecule has 0 aliphatic heterocycles. The van der Waals surface area contributed by atoms with Crippen molar-refractivity contribution >= 4 is 0 Å². The maximum Gasteiger partial charge on any atom is 0.417 e. The second kappa shape index (κ2) is 4.76. The predicted octanol–water partition coefficient (Wildman–Crippen LogP) is 2.86. The molecule has 2 N–H and O–H groups in total. The van der Waals surface area contributed by atoms with E-state index in [9.17, 15) is 18.3 Å². The van der Waals surface area contributed by atoms with Gasteiger partial charge in [0.1, 0.15) is 0 Å². The Hall–Kier alpha value is -0.290.